The summed E-state index contributed by atoms with van der Waals surface area (Å²) >= 11 is 1.57. The van der Waals surface area contributed by atoms with Crippen molar-refractivity contribution < 1.29 is 4.79 Å². The quantitative estimate of drug-likeness (QED) is 0.889. The van der Waals surface area contributed by atoms with E-state index < -0.39 is 0 Å². The minimum absolute atomic E-state index is 0.00846. The molecule has 0 saturated carbocycles. The van der Waals surface area contributed by atoms with Gasteiger partial charge in [0.1, 0.15) is 6.04 Å². The van der Waals surface area contributed by atoms with E-state index in [2.05, 4.69) is 47.7 Å². The Labute approximate surface area is 123 Å². The molecule has 0 aliphatic rings. The van der Waals surface area contributed by atoms with Crippen LogP contribution in [0.2, 0.25) is 0 Å². The van der Waals surface area contributed by atoms with Gasteiger partial charge in [0.05, 0.1) is 10.2 Å². The lowest BCUT2D eigenvalue weighted by atomic mass is 10.2. The van der Waals surface area contributed by atoms with E-state index in [0.29, 0.717) is 12.5 Å². The average molecular weight is 291 g/mol. The topological polar surface area (TPSA) is 54.0 Å². The van der Waals surface area contributed by atoms with E-state index in [0.717, 1.165) is 15.3 Å². The van der Waals surface area contributed by atoms with Crippen molar-refractivity contribution in [3.8, 4) is 0 Å². The second-order valence-electron chi connectivity index (χ2n) is 5.50. The molecule has 2 N–H and O–H groups in total. The third-order valence-corrected chi connectivity index (χ3v) is 3.93. The molecule has 5 heteroatoms. The van der Waals surface area contributed by atoms with Crippen LogP contribution in [-0.4, -0.2) is 23.5 Å². The molecule has 0 saturated heterocycles. The fraction of sp³-hybridized carbons (Fsp3) is 0.467. The molecule has 108 valence electrons. The Hall–Kier alpha value is -1.62. The number of nitrogens with one attached hydrogen (secondary N) is 2. The van der Waals surface area contributed by atoms with Crippen LogP contribution in [0.5, 0.6) is 0 Å². The summed E-state index contributed by atoms with van der Waals surface area (Å²) in [6.07, 6.45) is 0. The molecule has 1 heterocycles. The number of carbonyl (C=O) groups is 1. The summed E-state index contributed by atoms with van der Waals surface area (Å²) in [5.41, 5.74) is 2.17. The van der Waals surface area contributed by atoms with Crippen LogP contribution in [0, 0.1) is 12.8 Å². The van der Waals surface area contributed by atoms with E-state index in [1.165, 1.54) is 5.56 Å². The minimum Gasteiger partial charge on any atom is -0.354 e. The highest BCUT2D eigenvalue weighted by atomic mass is 32.1. The maximum Gasteiger partial charge on any atom is 0.242 e. The van der Waals surface area contributed by atoms with Crippen LogP contribution < -0.4 is 10.6 Å². The van der Waals surface area contributed by atoms with Gasteiger partial charge in [0.25, 0.3) is 0 Å². The van der Waals surface area contributed by atoms with Crippen LogP contribution in [0.3, 0.4) is 0 Å². The van der Waals surface area contributed by atoms with Gasteiger partial charge in [-0.3, -0.25) is 4.79 Å². The lowest BCUT2D eigenvalue weighted by Gasteiger charge is -2.14. The summed E-state index contributed by atoms with van der Waals surface area (Å²) in [6, 6.07) is 5.91. The molecule has 20 heavy (non-hydrogen) atoms. The van der Waals surface area contributed by atoms with Crippen molar-refractivity contribution in [3.63, 3.8) is 0 Å². The molecule has 0 radical (unpaired) electrons. The van der Waals surface area contributed by atoms with Crippen LogP contribution in [0.1, 0.15) is 26.3 Å². The molecular formula is C15H21N3OS. The number of benzene rings is 1. The van der Waals surface area contributed by atoms with E-state index in [9.17, 15) is 4.79 Å². The van der Waals surface area contributed by atoms with Gasteiger partial charge in [0.2, 0.25) is 5.91 Å². The number of anilines is 1. The number of amides is 1. The summed E-state index contributed by atoms with van der Waals surface area (Å²) in [5, 5.41) is 6.88. The predicted octanol–water partition coefficient (Wildman–Crippen LogP) is 3.18. The second-order valence-corrected chi connectivity index (χ2v) is 6.53. The van der Waals surface area contributed by atoms with Crippen molar-refractivity contribution in [1.82, 2.24) is 10.3 Å². The SMILES string of the molecule is Cc1ccc2sc(NC(C)C(=O)NCC(C)C)nc2c1. The molecule has 0 fully saturated rings. The number of thiazole rings is 1. The Morgan fingerprint density at radius 2 is 2.10 bits per heavy atom. The molecule has 0 spiro atoms. The summed E-state index contributed by atoms with van der Waals surface area (Å²) in [6.45, 7) is 8.76. The van der Waals surface area contributed by atoms with Crippen molar-refractivity contribution in [2.45, 2.75) is 33.7 Å². The van der Waals surface area contributed by atoms with Gasteiger partial charge >= 0.3 is 0 Å². The van der Waals surface area contributed by atoms with E-state index in [1.807, 2.05) is 13.8 Å². The minimum atomic E-state index is -0.282. The van der Waals surface area contributed by atoms with Crippen molar-refractivity contribution in [1.29, 1.82) is 0 Å². The highest BCUT2D eigenvalue weighted by Crippen LogP contribution is 2.26. The molecule has 1 atom stereocenters. The Morgan fingerprint density at radius 3 is 2.80 bits per heavy atom. The van der Waals surface area contributed by atoms with Gasteiger partial charge in [-0.2, -0.15) is 0 Å². The summed E-state index contributed by atoms with van der Waals surface area (Å²) in [7, 11) is 0. The summed E-state index contributed by atoms with van der Waals surface area (Å²) < 4.78 is 1.13. The molecule has 1 amide bonds. The van der Waals surface area contributed by atoms with E-state index in [4.69, 9.17) is 0 Å². The normalized spacial score (nSPS) is 12.7. The van der Waals surface area contributed by atoms with Gasteiger partial charge in [-0.05, 0) is 37.5 Å². The second kappa shape index (κ2) is 6.22. The monoisotopic (exact) mass is 291 g/mol. The lowest BCUT2D eigenvalue weighted by molar-refractivity contribution is -0.121. The van der Waals surface area contributed by atoms with Crippen LogP contribution in [0.4, 0.5) is 5.13 Å². The van der Waals surface area contributed by atoms with E-state index in [-0.39, 0.29) is 11.9 Å². The average Bonchev–Trinajstić information content (AvgIpc) is 2.76. The highest BCUT2D eigenvalue weighted by molar-refractivity contribution is 7.22. The van der Waals surface area contributed by atoms with Crippen molar-refractivity contribution in [2.75, 3.05) is 11.9 Å². The number of nitrogens with zero attached hydrogens (tertiary/aromatic N) is 1. The smallest absolute Gasteiger partial charge is 0.242 e. The van der Waals surface area contributed by atoms with Gasteiger partial charge in [-0.25, -0.2) is 4.98 Å². The van der Waals surface area contributed by atoms with Gasteiger partial charge in [0, 0.05) is 6.54 Å². The zero-order chi connectivity index (χ0) is 14.7. The zero-order valence-electron chi connectivity index (χ0n) is 12.4. The van der Waals surface area contributed by atoms with Crippen LogP contribution in [0.15, 0.2) is 18.2 Å². The molecular weight excluding hydrogens is 270 g/mol. The molecule has 1 unspecified atom stereocenters. The number of carbonyl (C=O) groups excluding carboxylic acids is 1. The molecule has 0 aliphatic carbocycles. The zero-order valence-corrected chi connectivity index (χ0v) is 13.2. The molecule has 1 aromatic heterocycles. The standard InChI is InChI=1S/C15H21N3OS/c1-9(2)8-16-14(19)11(4)17-15-18-12-7-10(3)5-6-13(12)20-15/h5-7,9,11H,8H2,1-4H3,(H,16,19)(H,17,18). The van der Waals surface area contributed by atoms with Gasteiger partial charge in [0.15, 0.2) is 5.13 Å². The first-order chi connectivity index (χ1) is 9.45. The maximum absolute atomic E-state index is 11.9. The van der Waals surface area contributed by atoms with Gasteiger partial charge in [-0.1, -0.05) is 31.3 Å². The predicted molar refractivity (Wildman–Crippen MR) is 85.3 cm³/mol. The van der Waals surface area contributed by atoms with Crippen molar-refractivity contribution in [3.05, 3.63) is 23.8 Å². The number of rotatable bonds is 5. The number of hydrogen-bond acceptors (Lipinski definition) is 4. The largest absolute Gasteiger partial charge is 0.354 e. The molecule has 2 rings (SSSR count). The Kier molecular flexibility index (Phi) is 4.60. The van der Waals surface area contributed by atoms with Crippen LogP contribution in [-0.2, 0) is 4.79 Å². The molecule has 0 aliphatic heterocycles. The number of aromatic nitrogens is 1. The Bertz CT molecular complexity index is 606. The first kappa shape index (κ1) is 14.8. The Balaban J connectivity index is 2.02. The lowest BCUT2D eigenvalue weighted by Crippen LogP contribution is -2.39. The molecule has 1 aromatic carbocycles. The fourth-order valence-electron chi connectivity index (χ4n) is 1.81. The number of hydrogen-bond donors (Lipinski definition) is 2. The third kappa shape index (κ3) is 3.70. The first-order valence-corrected chi connectivity index (χ1v) is 7.69. The molecule has 2 aromatic rings. The van der Waals surface area contributed by atoms with Gasteiger partial charge < -0.3 is 10.6 Å². The van der Waals surface area contributed by atoms with Crippen molar-refractivity contribution >= 4 is 32.6 Å². The summed E-state index contributed by atoms with van der Waals surface area (Å²) in [5.74, 6) is 0.464. The Morgan fingerprint density at radius 1 is 1.35 bits per heavy atom. The number of aryl methyl sites for hydroxylation is 1. The van der Waals surface area contributed by atoms with Crippen LogP contribution in [0.25, 0.3) is 10.2 Å². The van der Waals surface area contributed by atoms with E-state index in [1.54, 1.807) is 11.3 Å². The molecule has 0 bridgehead atoms. The van der Waals surface area contributed by atoms with Crippen LogP contribution >= 0.6 is 11.3 Å². The molecule has 4 nitrogen and oxygen atoms in total. The maximum atomic E-state index is 11.9. The van der Waals surface area contributed by atoms with E-state index >= 15 is 0 Å². The van der Waals surface area contributed by atoms with Gasteiger partial charge in [-0.15, -0.1) is 0 Å². The highest BCUT2D eigenvalue weighted by Gasteiger charge is 2.14. The van der Waals surface area contributed by atoms with Crippen molar-refractivity contribution in [2.24, 2.45) is 5.92 Å². The first-order valence-electron chi connectivity index (χ1n) is 6.87. The summed E-state index contributed by atoms with van der Waals surface area (Å²) in [4.78, 5) is 16.4. The number of fused-ring (bicyclic) bond motifs is 1. The fourth-order valence-corrected chi connectivity index (χ4v) is 2.74. The third-order valence-electron chi connectivity index (χ3n) is 2.96.